The van der Waals surface area contributed by atoms with Gasteiger partial charge < -0.3 is 25.0 Å². The highest BCUT2D eigenvalue weighted by molar-refractivity contribution is 5.96. The van der Waals surface area contributed by atoms with E-state index in [9.17, 15) is 14.9 Å². The van der Waals surface area contributed by atoms with E-state index in [1.165, 1.54) is 0 Å². The van der Waals surface area contributed by atoms with Crippen LogP contribution in [0.2, 0.25) is 0 Å². The molecule has 0 spiro atoms. The average molecular weight is 501 g/mol. The van der Waals surface area contributed by atoms with Gasteiger partial charge in [0.05, 0.1) is 43.8 Å². The molecule has 11 heteroatoms. The molecule has 1 aromatic carbocycles. The van der Waals surface area contributed by atoms with Gasteiger partial charge in [-0.05, 0) is 43.5 Å². The number of hydrogen-bond donors (Lipinski definition) is 3. The first kappa shape index (κ1) is 24.9. The van der Waals surface area contributed by atoms with Gasteiger partial charge >= 0.3 is 0 Å². The standard InChI is InChI=1S/C25H33FN6O4/c1-16-14-17(2-3-18(16)24(34)31-9-12-35-13-10-31)29-22-21-19(4-8-28-23(21)33)32(30-22)25(5-7-27)6-11-36-15-20(25)26/h2-3,14,19-22,29-30H,4-6,8-13,15H2,1H3,(H,28,33)/t19?,20-,21?,22?,25+/m0/s1. The van der Waals surface area contributed by atoms with Crippen molar-refractivity contribution in [1.29, 1.82) is 5.26 Å². The number of carbonyl (C=O) groups is 2. The van der Waals surface area contributed by atoms with E-state index >= 15 is 4.39 Å². The number of hydrazine groups is 1. The first-order chi connectivity index (χ1) is 17.4. The van der Waals surface area contributed by atoms with Crippen molar-refractivity contribution in [3.05, 3.63) is 29.3 Å². The van der Waals surface area contributed by atoms with Gasteiger partial charge in [0.2, 0.25) is 5.91 Å². The van der Waals surface area contributed by atoms with Crippen LogP contribution in [-0.4, -0.2) is 91.7 Å². The highest BCUT2D eigenvalue weighted by Crippen LogP contribution is 2.41. The van der Waals surface area contributed by atoms with Crippen LogP contribution in [-0.2, 0) is 14.3 Å². The van der Waals surface area contributed by atoms with Gasteiger partial charge in [-0.15, -0.1) is 0 Å². The molecule has 3 N–H and O–H groups in total. The maximum atomic E-state index is 15.4. The smallest absolute Gasteiger partial charge is 0.254 e. The van der Waals surface area contributed by atoms with E-state index in [1.54, 1.807) is 11.0 Å². The summed E-state index contributed by atoms with van der Waals surface area (Å²) < 4.78 is 26.0. The second-order valence-electron chi connectivity index (χ2n) is 9.96. The minimum Gasteiger partial charge on any atom is -0.378 e. The molecular formula is C25H33FN6O4. The first-order valence-electron chi connectivity index (χ1n) is 12.6. The fourth-order valence-electron chi connectivity index (χ4n) is 5.94. The summed E-state index contributed by atoms with van der Waals surface area (Å²) >= 11 is 0. The molecule has 3 unspecified atom stereocenters. The summed E-state index contributed by atoms with van der Waals surface area (Å²) in [4.78, 5) is 27.7. The van der Waals surface area contributed by atoms with E-state index in [4.69, 9.17) is 9.47 Å². The number of anilines is 1. The molecule has 2 amide bonds. The summed E-state index contributed by atoms with van der Waals surface area (Å²) in [7, 11) is 0. The topological polar surface area (TPSA) is 119 Å². The lowest BCUT2D eigenvalue weighted by molar-refractivity contribution is -0.133. The van der Waals surface area contributed by atoms with E-state index in [-0.39, 0.29) is 30.9 Å². The number of nitriles is 1. The Morgan fingerprint density at radius 3 is 2.83 bits per heavy atom. The molecule has 4 heterocycles. The summed E-state index contributed by atoms with van der Waals surface area (Å²) in [5.41, 5.74) is 4.52. The summed E-state index contributed by atoms with van der Waals surface area (Å²) in [6.45, 7) is 4.90. The number of fused-ring (bicyclic) bond motifs is 1. The quantitative estimate of drug-likeness (QED) is 0.547. The Labute approximate surface area is 210 Å². The molecule has 4 aliphatic heterocycles. The number of nitrogens with zero attached hydrogens (tertiary/aromatic N) is 3. The van der Waals surface area contributed by atoms with Crippen molar-refractivity contribution in [3.63, 3.8) is 0 Å². The largest absolute Gasteiger partial charge is 0.378 e. The van der Waals surface area contributed by atoms with Gasteiger partial charge in [0.1, 0.15) is 12.3 Å². The molecule has 4 fully saturated rings. The van der Waals surface area contributed by atoms with Crippen molar-refractivity contribution >= 4 is 17.5 Å². The molecule has 0 radical (unpaired) electrons. The predicted molar refractivity (Wildman–Crippen MR) is 128 cm³/mol. The Bertz CT molecular complexity index is 1040. The Morgan fingerprint density at radius 2 is 2.11 bits per heavy atom. The van der Waals surface area contributed by atoms with Crippen molar-refractivity contribution < 1.29 is 23.5 Å². The third-order valence-corrected chi connectivity index (χ3v) is 7.89. The molecule has 0 aromatic heterocycles. The molecule has 4 aliphatic rings. The van der Waals surface area contributed by atoms with Crippen molar-refractivity contribution in [2.24, 2.45) is 5.92 Å². The highest BCUT2D eigenvalue weighted by Gasteiger charge is 2.57. The van der Waals surface area contributed by atoms with Gasteiger partial charge in [0.25, 0.3) is 5.91 Å². The van der Waals surface area contributed by atoms with Crippen LogP contribution in [0, 0.1) is 24.2 Å². The second kappa shape index (κ2) is 10.3. The predicted octanol–water partition coefficient (Wildman–Crippen LogP) is 0.941. The van der Waals surface area contributed by atoms with Gasteiger partial charge in [-0.2, -0.15) is 5.26 Å². The molecular weight excluding hydrogens is 467 g/mol. The van der Waals surface area contributed by atoms with Crippen LogP contribution in [0.5, 0.6) is 0 Å². The molecule has 194 valence electrons. The number of carbonyl (C=O) groups excluding carboxylic acids is 2. The molecule has 5 atom stereocenters. The van der Waals surface area contributed by atoms with Crippen molar-refractivity contribution in [1.82, 2.24) is 20.7 Å². The number of halogens is 1. The zero-order valence-electron chi connectivity index (χ0n) is 20.5. The Morgan fingerprint density at radius 1 is 1.31 bits per heavy atom. The Balaban J connectivity index is 1.38. The lowest BCUT2D eigenvalue weighted by atomic mass is 9.81. The number of alkyl halides is 1. The Kier molecular flexibility index (Phi) is 7.12. The SMILES string of the molecule is Cc1cc(NC2NN([C@]3(CC#N)CCOC[C@@H]3F)C3CCNC(=O)C23)ccc1C(=O)N1CCOCC1. The van der Waals surface area contributed by atoms with Crippen LogP contribution >= 0.6 is 0 Å². The number of amides is 2. The molecule has 36 heavy (non-hydrogen) atoms. The van der Waals surface area contributed by atoms with Gasteiger partial charge in [-0.1, -0.05) is 0 Å². The number of hydrogen-bond acceptors (Lipinski definition) is 8. The fourth-order valence-corrected chi connectivity index (χ4v) is 5.94. The van der Waals surface area contributed by atoms with Gasteiger partial charge in [-0.25, -0.2) is 14.8 Å². The normalized spacial score (nSPS) is 32.9. The van der Waals surface area contributed by atoms with Crippen LogP contribution in [0.25, 0.3) is 0 Å². The molecule has 5 rings (SSSR count). The van der Waals surface area contributed by atoms with E-state index < -0.39 is 23.8 Å². The van der Waals surface area contributed by atoms with Crippen molar-refractivity contribution in [2.45, 2.75) is 50.1 Å². The van der Waals surface area contributed by atoms with Crippen molar-refractivity contribution in [2.75, 3.05) is 51.4 Å². The van der Waals surface area contributed by atoms with Crippen LogP contribution in [0.4, 0.5) is 10.1 Å². The van der Waals surface area contributed by atoms with E-state index in [1.807, 2.05) is 24.1 Å². The van der Waals surface area contributed by atoms with Crippen LogP contribution in [0.15, 0.2) is 18.2 Å². The number of rotatable bonds is 5. The minimum absolute atomic E-state index is 0.000454. The van der Waals surface area contributed by atoms with Crippen LogP contribution < -0.4 is 16.1 Å². The number of benzene rings is 1. The Hall–Kier alpha value is -2.78. The van der Waals surface area contributed by atoms with Gasteiger partial charge in [-0.3, -0.25) is 9.59 Å². The molecule has 0 bridgehead atoms. The van der Waals surface area contributed by atoms with Gasteiger partial charge in [0.15, 0.2) is 0 Å². The number of nitrogens with one attached hydrogen (secondary N) is 3. The molecule has 1 aromatic rings. The zero-order valence-corrected chi connectivity index (χ0v) is 20.5. The number of piperidine rings is 1. The minimum atomic E-state index is -1.35. The van der Waals surface area contributed by atoms with E-state index in [0.717, 1.165) is 11.3 Å². The summed E-state index contributed by atoms with van der Waals surface area (Å²) in [5, 5.41) is 17.7. The fraction of sp³-hybridized carbons (Fsp3) is 0.640. The van der Waals surface area contributed by atoms with Crippen LogP contribution in [0.3, 0.4) is 0 Å². The lowest BCUT2D eigenvalue weighted by Gasteiger charge is -2.48. The second-order valence-corrected chi connectivity index (χ2v) is 9.96. The maximum absolute atomic E-state index is 15.4. The molecule has 10 nitrogen and oxygen atoms in total. The maximum Gasteiger partial charge on any atom is 0.254 e. The van der Waals surface area contributed by atoms with Gasteiger partial charge in [0, 0.05) is 43.5 Å². The molecule has 0 aliphatic carbocycles. The third kappa shape index (κ3) is 4.43. The zero-order chi connectivity index (χ0) is 25.3. The number of morpholine rings is 1. The van der Waals surface area contributed by atoms with Crippen molar-refractivity contribution in [3.8, 4) is 6.07 Å². The molecule has 0 saturated carbocycles. The number of aryl methyl sites for hydroxylation is 1. The molecule has 4 saturated heterocycles. The third-order valence-electron chi connectivity index (χ3n) is 7.89. The first-order valence-corrected chi connectivity index (χ1v) is 12.6. The van der Waals surface area contributed by atoms with Crippen LogP contribution in [0.1, 0.15) is 35.2 Å². The number of ether oxygens (including phenoxy) is 2. The van der Waals surface area contributed by atoms with E-state index in [0.29, 0.717) is 57.9 Å². The summed E-state index contributed by atoms with van der Waals surface area (Å²) in [6, 6.07) is 7.43. The summed E-state index contributed by atoms with van der Waals surface area (Å²) in [6.07, 6.45) is -0.839. The average Bonchev–Trinajstić information content (AvgIpc) is 3.26. The highest BCUT2D eigenvalue weighted by atomic mass is 19.1. The summed E-state index contributed by atoms with van der Waals surface area (Å²) in [5.74, 6) is -0.602. The lowest BCUT2D eigenvalue weighted by Crippen LogP contribution is -2.65. The monoisotopic (exact) mass is 500 g/mol. The van der Waals surface area contributed by atoms with E-state index in [2.05, 4.69) is 22.1 Å².